The third-order valence-corrected chi connectivity index (χ3v) is 4.20. The molecule has 0 bridgehead atoms. The second-order valence-corrected chi connectivity index (χ2v) is 5.39. The SMILES string of the molecule is Cc1cnc(C(O)c2cscc2Br)c(C)c1. The monoisotopic (exact) mass is 297 g/mol. The lowest BCUT2D eigenvalue weighted by molar-refractivity contribution is 0.214. The average molecular weight is 298 g/mol. The first-order valence-corrected chi connectivity index (χ1v) is 6.66. The molecule has 0 saturated heterocycles. The minimum atomic E-state index is -0.652. The summed E-state index contributed by atoms with van der Waals surface area (Å²) in [6.07, 6.45) is 1.13. The van der Waals surface area contributed by atoms with Crippen molar-refractivity contribution in [3.8, 4) is 0 Å². The topological polar surface area (TPSA) is 33.1 Å². The van der Waals surface area contributed by atoms with Gasteiger partial charge in [0.2, 0.25) is 0 Å². The summed E-state index contributed by atoms with van der Waals surface area (Å²) in [5.74, 6) is 0. The fraction of sp³-hybridized carbons (Fsp3) is 0.250. The molecule has 2 heterocycles. The first-order valence-electron chi connectivity index (χ1n) is 4.92. The number of halogens is 1. The molecule has 2 aromatic heterocycles. The van der Waals surface area contributed by atoms with Crippen LogP contribution in [0.3, 0.4) is 0 Å². The second kappa shape index (κ2) is 4.65. The molecule has 84 valence electrons. The predicted octanol–water partition coefficient (Wildman–Crippen LogP) is 3.60. The van der Waals surface area contributed by atoms with E-state index in [4.69, 9.17) is 0 Å². The molecular formula is C12H12BrNOS. The first-order chi connectivity index (χ1) is 7.59. The van der Waals surface area contributed by atoms with Crippen LogP contribution >= 0.6 is 27.3 Å². The van der Waals surface area contributed by atoms with Crippen LogP contribution in [0.25, 0.3) is 0 Å². The molecule has 16 heavy (non-hydrogen) atoms. The molecule has 0 aliphatic heterocycles. The maximum atomic E-state index is 10.2. The number of hydrogen-bond donors (Lipinski definition) is 1. The number of aliphatic hydroxyl groups is 1. The Kier molecular flexibility index (Phi) is 3.42. The molecule has 4 heteroatoms. The minimum absolute atomic E-state index is 0.652. The van der Waals surface area contributed by atoms with E-state index in [0.717, 1.165) is 26.9 Å². The van der Waals surface area contributed by atoms with E-state index in [1.807, 2.05) is 30.7 Å². The van der Waals surface area contributed by atoms with Crippen molar-refractivity contribution >= 4 is 27.3 Å². The Balaban J connectivity index is 2.41. The van der Waals surface area contributed by atoms with Gasteiger partial charge >= 0.3 is 0 Å². The first kappa shape index (κ1) is 11.8. The third-order valence-electron chi connectivity index (χ3n) is 2.45. The van der Waals surface area contributed by atoms with Crippen LogP contribution < -0.4 is 0 Å². The highest BCUT2D eigenvalue weighted by Crippen LogP contribution is 2.31. The van der Waals surface area contributed by atoms with Gasteiger partial charge in [-0.3, -0.25) is 4.98 Å². The van der Waals surface area contributed by atoms with Crippen molar-refractivity contribution in [3.05, 3.63) is 49.9 Å². The van der Waals surface area contributed by atoms with Crippen LogP contribution in [0, 0.1) is 13.8 Å². The number of pyridine rings is 1. The summed E-state index contributed by atoms with van der Waals surface area (Å²) in [4.78, 5) is 4.31. The van der Waals surface area contributed by atoms with Gasteiger partial charge in [-0.05, 0) is 46.3 Å². The van der Waals surface area contributed by atoms with Crippen LogP contribution in [0.5, 0.6) is 0 Å². The Morgan fingerprint density at radius 3 is 2.69 bits per heavy atom. The predicted molar refractivity (Wildman–Crippen MR) is 69.8 cm³/mol. The number of aliphatic hydroxyl groups excluding tert-OH is 1. The molecule has 2 nitrogen and oxygen atoms in total. The van der Waals surface area contributed by atoms with E-state index in [2.05, 4.69) is 20.9 Å². The normalized spacial score (nSPS) is 12.8. The van der Waals surface area contributed by atoms with Gasteiger partial charge in [-0.15, -0.1) is 0 Å². The van der Waals surface area contributed by atoms with Crippen molar-refractivity contribution in [2.45, 2.75) is 20.0 Å². The van der Waals surface area contributed by atoms with Crippen molar-refractivity contribution in [2.24, 2.45) is 0 Å². The molecule has 0 aromatic carbocycles. The Morgan fingerprint density at radius 2 is 2.12 bits per heavy atom. The fourth-order valence-corrected chi connectivity index (χ4v) is 3.18. The molecule has 2 rings (SSSR count). The molecule has 0 amide bonds. The lowest BCUT2D eigenvalue weighted by Crippen LogP contribution is -2.04. The summed E-state index contributed by atoms with van der Waals surface area (Å²) in [7, 11) is 0. The minimum Gasteiger partial charge on any atom is -0.382 e. The third kappa shape index (κ3) is 2.19. The van der Waals surface area contributed by atoms with Gasteiger partial charge in [-0.1, -0.05) is 6.07 Å². The number of rotatable bonds is 2. The lowest BCUT2D eigenvalue weighted by Gasteiger charge is -2.12. The molecule has 0 saturated carbocycles. The molecule has 0 aliphatic carbocycles. The van der Waals surface area contributed by atoms with Gasteiger partial charge in [-0.25, -0.2) is 0 Å². The largest absolute Gasteiger partial charge is 0.382 e. The molecule has 0 spiro atoms. The highest BCUT2D eigenvalue weighted by Gasteiger charge is 2.17. The number of aromatic nitrogens is 1. The molecule has 1 unspecified atom stereocenters. The van der Waals surface area contributed by atoms with Crippen LogP contribution in [0.2, 0.25) is 0 Å². The summed E-state index contributed by atoms with van der Waals surface area (Å²) in [5, 5.41) is 14.1. The summed E-state index contributed by atoms with van der Waals surface area (Å²) in [6, 6.07) is 2.03. The van der Waals surface area contributed by atoms with E-state index in [1.54, 1.807) is 17.5 Å². The van der Waals surface area contributed by atoms with Crippen molar-refractivity contribution in [3.63, 3.8) is 0 Å². The quantitative estimate of drug-likeness (QED) is 0.919. The zero-order valence-corrected chi connectivity index (χ0v) is 11.5. The number of nitrogens with zero attached hydrogens (tertiary/aromatic N) is 1. The standard InChI is InChI=1S/C12H12BrNOS/c1-7-3-8(2)11(14-4-7)12(15)9-5-16-6-10(9)13/h3-6,12,15H,1-2H3. The van der Waals surface area contributed by atoms with Gasteiger partial charge in [0.15, 0.2) is 0 Å². The van der Waals surface area contributed by atoms with Gasteiger partial charge in [-0.2, -0.15) is 11.3 Å². The van der Waals surface area contributed by atoms with Crippen LogP contribution in [-0.2, 0) is 0 Å². The van der Waals surface area contributed by atoms with Gasteiger partial charge in [0.1, 0.15) is 6.10 Å². The summed E-state index contributed by atoms with van der Waals surface area (Å²) < 4.78 is 0.937. The molecule has 1 atom stereocenters. The van der Waals surface area contributed by atoms with Crippen molar-refractivity contribution in [2.75, 3.05) is 0 Å². The molecule has 1 N–H and O–H groups in total. The van der Waals surface area contributed by atoms with Gasteiger partial charge in [0.25, 0.3) is 0 Å². The number of aryl methyl sites for hydroxylation is 2. The van der Waals surface area contributed by atoms with Crippen LogP contribution in [0.15, 0.2) is 27.5 Å². The fourth-order valence-electron chi connectivity index (χ4n) is 1.65. The molecular weight excluding hydrogens is 286 g/mol. The zero-order valence-electron chi connectivity index (χ0n) is 9.07. The van der Waals surface area contributed by atoms with Crippen molar-refractivity contribution < 1.29 is 5.11 Å². The van der Waals surface area contributed by atoms with E-state index in [1.165, 1.54) is 0 Å². The Bertz CT molecular complexity index is 509. The van der Waals surface area contributed by atoms with Gasteiger partial charge in [0.05, 0.1) is 5.69 Å². The lowest BCUT2D eigenvalue weighted by atomic mass is 10.0. The van der Waals surface area contributed by atoms with Gasteiger partial charge < -0.3 is 5.11 Å². The number of thiophene rings is 1. The van der Waals surface area contributed by atoms with Crippen LogP contribution in [0.4, 0.5) is 0 Å². The maximum absolute atomic E-state index is 10.2. The van der Waals surface area contributed by atoms with Crippen LogP contribution in [0.1, 0.15) is 28.5 Å². The smallest absolute Gasteiger partial charge is 0.123 e. The zero-order chi connectivity index (χ0) is 11.7. The van der Waals surface area contributed by atoms with E-state index in [0.29, 0.717) is 0 Å². The van der Waals surface area contributed by atoms with E-state index in [-0.39, 0.29) is 0 Å². The average Bonchev–Trinajstić information content (AvgIpc) is 2.63. The van der Waals surface area contributed by atoms with E-state index < -0.39 is 6.10 Å². The van der Waals surface area contributed by atoms with Crippen molar-refractivity contribution in [1.82, 2.24) is 4.98 Å². The summed E-state index contributed by atoms with van der Waals surface area (Å²) >= 11 is 4.99. The van der Waals surface area contributed by atoms with E-state index >= 15 is 0 Å². The molecule has 2 aromatic rings. The Labute approximate surface area is 107 Å². The second-order valence-electron chi connectivity index (χ2n) is 3.79. The molecule has 0 radical (unpaired) electrons. The Morgan fingerprint density at radius 1 is 1.38 bits per heavy atom. The highest BCUT2D eigenvalue weighted by atomic mass is 79.9. The van der Waals surface area contributed by atoms with Gasteiger partial charge in [0, 0.05) is 21.6 Å². The number of hydrogen-bond acceptors (Lipinski definition) is 3. The van der Waals surface area contributed by atoms with E-state index in [9.17, 15) is 5.11 Å². The maximum Gasteiger partial charge on any atom is 0.123 e. The summed E-state index contributed by atoms with van der Waals surface area (Å²) in [5.41, 5.74) is 3.73. The van der Waals surface area contributed by atoms with Crippen molar-refractivity contribution in [1.29, 1.82) is 0 Å². The molecule has 0 fully saturated rings. The highest BCUT2D eigenvalue weighted by molar-refractivity contribution is 9.10. The molecule has 0 aliphatic rings. The summed E-state index contributed by atoms with van der Waals surface area (Å²) in [6.45, 7) is 3.97. The van der Waals surface area contributed by atoms with Crippen LogP contribution in [-0.4, -0.2) is 10.1 Å². The Hall–Kier alpha value is -0.710.